The number of ether oxygens (including phenoxy) is 3. The summed E-state index contributed by atoms with van der Waals surface area (Å²) in [5.41, 5.74) is 4.50. The standard InChI is InChI=1S/C27H29NO5/c1-5-33-23-9-7-6-8-20(23)25-24(27(30)32-4)16(2)28-21-14-18(15-22(29)26(21)25)17-10-12-19(31-3)13-11-17/h6-13,18,25,28H,5,14-15H2,1-4H3/t18-,25+/m1/s1. The van der Waals surface area contributed by atoms with E-state index in [4.69, 9.17) is 14.2 Å². The van der Waals surface area contributed by atoms with Crippen molar-refractivity contribution in [2.45, 2.75) is 38.5 Å². The molecule has 172 valence electrons. The monoisotopic (exact) mass is 447 g/mol. The molecule has 1 aliphatic carbocycles. The van der Waals surface area contributed by atoms with Gasteiger partial charge in [0.1, 0.15) is 11.5 Å². The van der Waals surface area contributed by atoms with E-state index in [1.807, 2.05) is 62.4 Å². The Morgan fingerprint density at radius 1 is 1.06 bits per heavy atom. The molecule has 0 saturated heterocycles. The average Bonchev–Trinajstić information content (AvgIpc) is 2.83. The Hall–Kier alpha value is -3.54. The van der Waals surface area contributed by atoms with E-state index in [2.05, 4.69) is 5.32 Å². The van der Waals surface area contributed by atoms with Crippen LogP contribution in [0.5, 0.6) is 11.5 Å². The number of Topliss-reactive ketones (excluding diaryl/α,β-unsaturated/α-hetero) is 1. The minimum atomic E-state index is -0.541. The zero-order valence-corrected chi connectivity index (χ0v) is 19.4. The second-order valence-corrected chi connectivity index (χ2v) is 8.25. The zero-order chi connectivity index (χ0) is 23.5. The van der Waals surface area contributed by atoms with Gasteiger partial charge in [-0.25, -0.2) is 4.79 Å². The first kappa shape index (κ1) is 22.6. The third kappa shape index (κ3) is 4.25. The van der Waals surface area contributed by atoms with Gasteiger partial charge in [-0.05, 0) is 49.9 Å². The van der Waals surface area contributed by atoms with Crippen LogP contribution >= 0.6 is 0 Å². The fourth-order valence-corrected chi connectivity index (χ4v) is 4.85. The largest absolute Gasteiger partial charge is 0.497 e. The van der Waals surface area contributed by atoms with Gasteiger partial charge in [0.2, 0.25) is 0 Å². The molecule has 1 heterocycles. The van der Waals surface area contributed by atoms with E-state index in [1.165, 1.54) is 7.11 Å². The topological polar surface area (TPSA) is 73.9 Å². The minimum Gasteiger partial charge on any atom is -0.497 e. The maximum Gasteiger partial charge on any atom is 0.336 e. The molecule has 1 N–H and O–H groups in total. The van der Waals surface area contributed by atoms with Crippen molar-refractivity contribution < 1.29 is 23.8 Å². The highest BCUT2D eigenvalue weighted by Gasteiger charge is 2.42. The highest BCUT2D eigenvalue weighted by atomic mass is 16.5. The predicted molar refractivity (Wildman–Crippen MR) is 125 cm³/mol. The van der Waals surface area contributed by atoms with E-state index >= 15 is 0 Å². The van der Waals surface area contributed by atoms with Gasteiger partial charge >= 0.3 is 5.97 Å². The first-order valence-electron chi connectivity index (χ1n) is 11.2. The second-order valence-electron chi connectivity index (χ2n) is 8.25. The molecule has 2 aromatic rings. The van der Waals surface area contributed by atoms with Crippen LogP contribution in [0.4, 0.5) is 0 Å². The van der Waals surface area contributed by atoms with Crippen molar-refractivity contribution in [2.24, 2.45) is 0 Å². The van der Waals surface area contributed by atoms with Crippen molar-refractivity contribution >= 4 is 11.8 Å². The molecule has 2 atom stereocenters. The van der Waals surface area contributed by atoms with Gasteiger partial charge in [-0.15, -0.1) is 0 Å². The lowest BCUT2D eigenvalue weighted by atomic mass is 9.71. The summed E-state index contributed by atoms with van der Waals surface area (Å²) in [6.45, 7) is 4.25. The Balaban J connectivity index is 1.80. The number of carbonyl (C=O) groups excluding carboxylic acids is 2. The Morgan fingerprint density at radius 2 is 1.79 bits per heavy atom. The number of hydrogen-bond acceptors (Lipinski definition) is 6. The number of methoxy groups -OCH3 is 2. The number of nitrogens with one attached hydrogen (secondary N) is 1. The van der Waals surface area contributed by atoms with Crippen LogP contribution in [-0.2, 0) is 14.3 Å². The molecule has 0 spiro atoms. The summed E-state index contributed by atoms with van der Waals surface area (Å²) in [6.07, 6.45) is 1.04. The molecular formula is C27H29NO5. The molecule has 4 rings (SSSR count). The van der Waals surface area contributed by atoms with Crippen molar-refractivity contribution in [3.05, 3.63) is 82.2 Å². The Morgan fingerprint density at radius 3 is 2.45 bits per heavy atom. The number of esters is 1. The molecule has 1 aliphatic heterocycles. The van der Waals surface area contributed by atoms with E-state index in [0.717, 1.165) is 22.6 Å². The van der Waals surface area contributed by atoms with Crippen LogP contribution < -0.4 is 14.8 Å². The molecule has 0 unspecified atom stereocenters. The highest BCUT2D eigenvalue weighted by molar-refractivity contribution is 6.04. The molecule has 2 aromatic carbocycles. The molecule has 6 heteroatoms. The van der Waals surface area contributed by atoms with Crippen molar-refractivity contribution in [1.82, 2.24) is 5.32 Å². The van der Waals surface area contributed by atoms with Crippen LogP contribution in [0.25, 0.3) is 0 Å². The van der Waals surface area contributed by atoms with Crippen molar-refractivity contribution in [3.63, 3.8) is 0 Å². The predicted octanol–water partition coefficient (Wildman–Crippen LogP) is 4.63. The summed E-state index contributed by atoms with van der Waals surface area (Å²) in [4.78, 5) is 26.5. The van der Waals surface area contributed by atoms with Gasteiger partial charge in [0.25, 0.3) is 0 Å². The summed E-state index contributed by atoms with van der Waals surface area (Å²) in [7, 11) is 3.00. The van der Waals surface area contributed by atoms with E-state index < -0.39 is 11.9 Å². The van der Waals surface area contributed by atoms with Crippen LogP contribution in [0.2, 0.25) is 0 Å². The van der Waals surface area contributed by atoms with E-state index in [-0.39, 0.29) is 11.7 Å². The fourth-order valence-electron chi connectivity index (χ4n) is 4.85. The third-order valence-electron chi connectivity index (χ3n) is 6.35. The Labute approximate surface area is 194 Å². The van der Waals surface area contributed by atoms with E-state index in [9.17, 15) is 9.59 Å². The number of allylic oxidation sites excluding steroid dienone is 3. The number of rotatable bonds is 6. The summed E-state index contributed by atoms with van der Waals surface area (Å²) < 4.78 is 16.3. The molecule has 0 fully saturated rings. The molecule has 0 aromatic heterocycles. The van der Waals surface area contributed by atoms with Gasteiger partial charge in [0.15, 0.2) is 5.78 Å². The summed E-state index contributed by atoms with van der Waals surface area (Å²) >= 11 is 0. The molecule has 2 aliphatic rings. The van der Waals surface area contributed by atoms with Crippen molar-refractivity contribution in [1.29, 1.82) is 0 Å². The fraction of sp³-hybridized carbons (Fsp3) is 0.333. The summed E-state index contributed by atoms with van der Waals surface area (Å²) in [5.74, 6) is 0.525. The SMILES string of the molecule is CCOc1ccccc1[C@H]1C(C(=O)OC)=C(C)NC2=C1C(=O)C[C@H](c1ccc(OC)cc1)C2. The van der Waals surface area contributed by atoms with Crippen LogP contribution in [0, 0.1) is 0 Å². The van der Waals surface area contributed by atoms with Gasteiger partial charge in [-0.3, -0.25) is 4.79 Å². The quantitative estimate of drug-likeness (QED) is 0.651. The maximum atomic E-state index is 13.6. The molecule has 0 radical (unpaired) electrons. The van der Waals surface area contributed by atoms with E-state index in [0.29, 0.717) is 42.0 Å². The minimum absolute atomic E-state index is 0.0229. The van der Waals surface area contributed by atoms with Crippen LogP contribution in [0.3, 0.4) is 0 Å². The number of dihydropyridines is 1. The van der Waals surface area contributed by atoms with Gasteiger partial charge in [-0.2, -0.15) is 0 Å². The van der Waals surface area contributed by atoms with Crippen LogP contribution in [-0.4, -0.2) is 32.6 Å². The second kappa shape index (κ2) is 9.53. The number of hydrogen-bond donors (Lipinski definition) is 1. The normalized spacial score (nSPS) is 20.2. The third-order valence-corrected chi connectivity index (χ3v) is 6.35. The Kier molecular flexibility index (Phi) is 6.54. The van der Waals surface area contributed by atoms with Gasteiger partial charge in [0, 0.05) is 29.0 Å². The van der Waals surface area contributed by atoms with Gasteiger partial charge in [0.05, 0.1) is 32.3 Å². The maximum absolute atomic E-state index is 13.6. The number of para-hydroxylation sites is 1. The van der Waals surface area contributed by atoms with Gasteiger partial charge in [-0.1, -0.05) is 30.3 Å². The first-order chi connectivity index (χ1) is 16.0. The number of benzene rings is 2. The molecule has 33 heavy (non-hydrogen) atoms. The number of ketones is 1. The lowest BCUT2D eigenvalue weighted by Gasteiger charge is -2.37. The number of carbonyl (C=O) groups is 2. The van der Waals surface area contributed by atoms with E-state index in [1.54, 1.807) is 7.11 Å². The smallest absolute Gasteiger partial charge is 0.336 e. The molecule has 0 bridgehead atoms. The molecule has 0 saturated carbocycles. The molecular weight excluding hydrogens is 418 g/mol. The van der Waals surface area contributed by atoms with Gasteiger partial charge < -0.3 is 19.5 Å². The van der Waals surface area contributed by atoms with Crippen LogP contribution in [0.1, 0.15) is 49.7 Å². The Bertz CT molecular complexity index is 1130. The lowest BCUT2D eigenvalue weighted by Crippen LogP contribution is -2.36. The summed E-state index contributed by atoms with van der Waals surface area (Å²) in [6, 6.07) is 15.4. The van der Waals surface area contributed by atoms with Crippen LogP contribution in [0.15, 0.2) is 71.1 Å². The molecule has 0 amide bonds. The average molecular weight is 448 g/mol. The zero-order valence-electron chi connectivity index (χ0n) is 19.4. The highest BCUT2D eigenvalue weighted by Crippen LogP contribution is 2.47. The first-order valence-corrected chi connectivity index (χ1v) is 11.2. The van der Waals surface area contributed by atoms with Crippen molar-refractivity contribution in [2.75, 3.05) is 20.8 Å². The lowest BCUT2D eigenvalue weighted by molar-refractivity contribution is -0.136. The summed E-state index contributed by atoms with van der Waals surface area (Å²) in [5, 5.41) is 3.36. The molecule has 6 nitrogen and oxygen atoms in total. The van der Waals surface area contributed by atoms with Crippen molar-refractivity contribution in [3.8, 4) is 11.5 Å².